The van der Waals surface area contributed by atoms with Crippen LogP contribution in [0.2, 0.25) is 0 Å². The molecule has 3 rings (SSSR count). The second-order valence-electron chi connectivity index (χ2n) is 5.43. The maximum Gasteiger partial charge on any atom is 0.416 e. The van der Waals surface area contributed by atoms with E-state index in [1.807, 2.05) is 4.90 Å². The van der Waals surface area contributed by atoms with Crippen molar-refractivity contribution in [2.24, 2.45) is 16.6 Å². The van der Waals surface area contributed by atoms with E-state index in [1.165, 1.54) is 25.0 Å². The third-order valence-corrected chi connectivity index (χ3v) is 3.87. The van der Waals surface area contributed by atoms with Gasteiger partial charge in [-0.1, -0.05) is 12.1 Å². The first-order valence-electron chi connectivity index (χ1n) is 6.69. The van der Waals surface area contributed by atoms with Crippen LogP contribution in [-0.2, 0) is 6.18 Å². The lowest BCUT2D eigenvalue weighted by Gasteiger charge is -2.26. The van der Waals surface area contributed by atoms with Crippen LogP contribution in [0.15, 0.2) is 29.3 Å². The second kappa shape index (κ2) is 4.68. The zero-order valence-corrected chi connectivity index (χ0v) is 10.9. The summed E-state index contributed by atoms with van der Waals surface area (Å²) in [5.41, 5.74) is 6.09. The van der Waals surface area contributed by atoms with Crippen LogP contribution in [0.3, 0.4) is 0 Å². The van der Waals surface area contributed by atoms with Crippen molar-refractivity contribution in [3.05, 3.63) is 35.4 Å². The van der Waals surface area contributed by atoms with Crippen molar-refractivity contribution in [1.82, 2.24) is 4.90 Å². The van der Waals surface area contributed by atoms with E-state index in [9.17, 15) is 13.2 Å². The van der Waals surface area contributed by atoms with E-state index in [0.29, 0.717) is 18.4 Å². The molecule has 1 aromatic rings. The third kappa shape index (κ3) is 2.59. The molecular formula is C14H16F3N3. The highest BCUT2D eigenvalue weighted by Gasteiger charge is 2.34. The number of hydrogen-bond donors (Lipinski definition) is 1. The van der Waals surface area contributed by atoms with E-state index in [2.05, 4.69) is 4.99 Å². The largest absolute Gasteiger partial charge is 0.416 e. The van der Waals surface area contributed by atoms with E-state index in [4.69, 9.17) is 5.73 Å². The van der Waals surface area contributed by atoms with E-state index in [0.717, 1.165) is 24.2 Å². The molecule has 0 aromatic heterocycles. The summed E-state index contributed by atoms with van der Waals surface area (Å²) in [5.74, 6) is 1.15. The molecule has 0 amide bonds. The fourth-order valence-corrected chi connectivity index (χ4v) is 2.51. The zero-order chi connectivity index (χ0) is 14.3. The van der Waals surface area contributed by atoms with Gasteiger partial charge in [-0.05, 0) is 36.5 Å². The lowest BCUT2D eigenvalue weighted by atomic mass is 10.0. The molecule has 0 bridgehead atoms. The van der Waals surface area contributed by atoms with Gasteiger partial charge in [0.05, 0.1) is 18.2 Å². The molecule has 0 saturated heterocycles. The molecule has 1 heterocycles. The van der Waals surface area contributed by atoms with Crippen molar-refractivity contribution in [2.45, 2.75) is 25.1 Å². The van der Waals surface area contributed by atoms with Crippen LogP contribution in [0.4, 0.5) is 13.2 Å². The molecule has 1 aromatic carbocycles. The normalized spacial score (nSPS) is 23.1. The van der Waals surface area contributed by atoms with Gasteiger partial charge in [0.25, 0.3) is 0 Å². The van der Waals surface area contributed by atoms with E-state index in [-0.39, 0.29) is 6.04 Å². The molecule has 1 aliphatic carbocycles. The van der Waals surface area contributed by atoms with Gasteiger partial charge in [0.1, 0.15) is 0 Å². The maximum absolute atomic E-state index is 12.6. The first-order chi connectivity index (χ1) is 9.45. The van der Waals surface area contributed by atoms with Crippen LogP contribution in [0, 0.1) is 5.92 Å². The Labute approximate surface area is 115 Å². The predicted molar refractivity (Wildman–Crippen MR) is 70.1 cm³/mol. The molecular weight excluding hydrogens is 267 g/mol. The quantitative estimate of drug-likeness (QED) is 0.926. The van der Waals surface area contributed by atoms with E-state index in [1.54, 1.807) is 0 Å². The number of guanidine groups is 1. The highest BCUT2D eigenvalue weighted by atomic mass is 19.4. The molecule has 1 aliphatic heterocycles. The van der Waals surface area contributed by atoms with Crippen LogP contribution >= 0.6 is 0 Å². The fraction of sp³-hybridized carbons (Fsp3) is 0.500. The van der Waals surface area contributed by atoms with Crippen molar-refractivity contribution in [2.75, 3.05) is 13.1 Å². The zero-order valence-electron chi connectivity index (χ0n) is 10.9. The lowest BCUT2D eigenvalue weighted by Crippen LogP contribution is -2.37. The Kier molecular flexibility index (Phi) is 3.11. The molecule has 1 fully saturated rings. The van der Waals surface area contributed by atoms with Gasteiger partial charge in [0.15, 0.2) is 5.96 Å². The summed E-state index contributed by atoms with van der Waals surface area (Å²) in [5, 5.41) is 0. The Hall–Kier alpha value is -1.72. The van der Waals surface area contributed by atoms with Gasteiger partial charge in [0, 0.05) is 6.54 Å². The Bertz CT molecular complexity index is 517. The summed E-state index contributed by atoms with van der Waals surface area (Å²) >= 11 is 0. The van der Waals surface area contributed by atoms with Crippen LogP contribution in [0.25, 0.3) is 0 Å². The van der Waals surface area contributed by atoms with Crippen LogP contribution in [-0.4, -0.2) is 23.9 Å². The minimum atomic E-state index is -4.29. The molecule has 108 valence electrons. The summed E-state index contributed by atoms with van der Waals surface area (Å²) in [6, 6.07) is 5.28. The van der Waals surface area contributed by atoms with Gasteiger partial charge < -0.3 is 10.6 Å². The SMILES string of the molecule is NC1=NCC(c2ccc(C(F)(F)F)cc2)N1CC1CC1. The Morgan fingerprint density at radius 3 is 2.40 bits per heavy atom. The highest BCUT2D eigenvalue weighted by Crippen LogP contribution is 2.35. The molecule has 0 spiro atoms. The molecule has 3 nitrogen and oxygen atoms in total. The van der Waals surface area contributed by atoms with Gasteiger partial charge in [0.2, 0.25) is 0 Å². The van der Waals surface area contributed by atoms with Crippen molar-refractivity contribution in [3.63, 3.8) is 0 Å². The standard InChI is InChI=1S/C14H16F3N3/c15-14(16,17)11-5-3-10(4-6-11)12-7-19-13(18)20(12)8-9-1-2-9/h3-6,9,12H,1-2,7-8H2,(H2,18,19). The van der Waals surface area contributed by atoms with Crippen molar-refractivity contribution in [1.29, 1.82) is 0 Å². The summed E-state index contributed by atoms with van der Waals surface area (Å²) in [4.78, 5) is 6.24. The molecule has 1 atom stereocenters. The summed E-state index contributed by atoms with van der Waals surface area (Å²) in [7, 11) is 0. The first-order valence-corrected chi connectivity index (χ1v) is 6.69. The molecule has 2 aliphatic rings. The smallest absolute Gasteiger partial charge is 0.370 e. The number of aliphatic imine (C=N–C) groups is 1. The van der Waals surface area contributed by atoms with Crippen molar-refractivity contribution >= 4 is 5.96 Å². The van der Waals surface area contributed by atoms with Crippen LogP contribution in [0.5, 0.6) is 0 Å². The topological polar surface area (TPSA) is 41.6 Å². The Morgan fingerprint density at radius 2 is 1.85 bits per heavy atom. The van der Waals surface area contributed by atoms with Gasteiger partial charge >= 0.3 is 6.18 Å². The van der Waals surface area contributed by atoms with Gasteiger partial charge in [-0.15, -0.1) is 0 Å². The summed E-state index contributed by atoms with van der Waals surface area (Å²) in [6.45, 7) is 1.37. The number of rotatable bonds is 3. The molecule has 20 heavy (non-hydrogen) atoms. The van der Waals surface area contributed by atoms with Gasteiger partial charge in [-0.3, -0.25) is 4.99 Å². The molecule has 6 heteroatoms. The Balaban J connectivity index is 1.78. The van der Waals surface area contributed by atoms with E-state index < -0.39 is 11.7 Å². The number of hydrogen-bond acceptors (Lipinski definition) is 3. The van der Waals surface area contributed by atoms with Crippen molar-refractivity contribution < 1.29 is 13.2 Å². The molecule has 0 radical (unpaired) electrons. The minimum Gasteiger partial charge on any atom is -0.370 e. The van der Waals surface area contributed by atoms with Crippen molar-refractivity contribution in [3.8, 4) is 0 Å². The number of halogens is 3. The maximum atomic E-state index is 12.6. The molecule has 2 N–H and O–H groups in total. The van der Waals surface area contributed by atoms with Gasteiger partial charge in [-0.2, -0.15) is 13.2 Å². The van der Waals surface area contributed by atoms with Crippen LogP contribution in [0.1, 0.15) is 30.0 Å². The van der Waals surface area contributed by atoms with Crippen LogP contribution < -0.4 is 5.73 Å². The predicted octanol–water partition coefficient (Wildman–Crippen LogP) is 2.79. The highest BCUT2D eigenvalue weighted by molar-refractivity contribution is 5.80. The summed E-state index contributed by atoms with van der Waals surface area (Å²) in [6.07, 6.45) is -1.90. The number of benzene rings is 1. The number of nitrogens with two attached hydrogens (primary N) is 1. The number of nitrogens with zero attached hydrogens (tertiary/aromatic N) is 2. The third-order valence-electron chi connectivity index (χ3n) is 3.87. The average Bonchev–Trinajstić information content (AvgIpc) is 3.14. The second-order valence-corrected chi connectivity index (χ2v) is 5.43. The lowest BCUT2D eigenvalue weighted by molar-refractivity contribution is -0.137. The van der Waals surface area contributed by atoms with E-state index >= 15 is 0 Å². The fourth-order valence-electron chi connectivity index (χ4n) is 2.51. The monoisotopic (exact) mass is 283 g/mol. The molecule has 1 unspecified atom stereocenters. The molecule has 1 saturated carbocycles. The first kappa shape index (κ1) is 13.3. The van der Waals surface area contributed by atoms with Gasteiger partial charge in [-0.25, -0.2) is 0 Å². The number of alkyl halides is 3. The summed E-state index contributed by atoms with van der Waals surface area (Å²) < 4.78 is 37.7. The average molecular weight is 283 g/mol. The Morgan fingerprint density at radius 1 is 1.20 bits per heavy atom. The minimum absolute atomic E-state index is 0.0297.